The van der Waals surface area contributed by atoms with Gasteiger partial charge in [0.2, 0.25) is 0 Å². The van der Waals surface area contributed by atoms with Gasteiger partial charge in [0.15, 0.2) is 0 Å². The lowest BCUT2D eigenvalue weighted by Gasteiger charge is -2.17. The van der Waals surface area contributed by atoms with Crippen molar-refractivity contribution >= 4 is 54.0 Å². The number of nitrogens with two attached hydrogens (primary N) is 1. The second-order valence-corrected chi connectivity index (χ2v) is 7.57. The van der Waals surface area contributed by atoms with Crippen LogP contribution in [0.15, 0.2) is 51.0 Å². The Kier molecular flexibility index (Phi) is 4.18. The number of hydrogen-bond acceptors (Lipinski definition) is 4. The molecule has 3 aromatic rings. The van der Waals surface area contributed by atoms with Crippen molar-refractivity contribution < 1.29 is 0 Å². The minimum Gasteiger partial charge on any atom is -0.271 e. The van der Waals surface area contributed by atoms with Gasteiger partial charge >= 0.3 is 0 Å². The summed E-state index contributed by atoms with van der Waals surface area (Å²) in [5.41, 5.74) is 4.06. The largest absolute Gasteiger partial charge is 0.271 e. The summed E-state index contributed by atoms with van der Waals surface area (Å²) in [6.07, 6.45) is 3.67. The average molecular weight is 413 g/mol. The minimum atomic E-state index is -0.0475. The number of thiophene rings is 1. The number of hydrazine groups is 1. The maximum atomic E-state index is 5.80. The van der Waals surface area contributed by atoms with Gasteiger partial charge in [-0.25, -0.2) is 5.43 Å². The summed E-state index contributed by atoms with van der Waals surface area (Å²) in [6.45, 7) is 0. The highest BCUT2D eigenvalue weighted by atomic mass is 79.9. The van der Waals surface area contributed by atoms with E-state index in [0.717, 1.165) is 29.5 Å². The Labute approximate surface area is 137 Å². The number of hydrogen-bond donors (Lipinski definition) is 2. The van der Waals surface area contributed by atoms with Gasteiger partial charge in [-0.1, -0.05) is 18.2 Å². The van der Waals surface area contributed by atoms with E-state index < -0.39 is 0 Å². The number of rotatable bonds is 3. The quantitative estimate of drug-likeness (QED) is 0.495. The van der Waals surface area contributed by atoms with Crippen LogP contribution in [0.2, 0.25) is 0 Å². The molecule has 0 aliphatic heterocycles. The van der Waals surface area contributed by atoms with Crippen LogP contribution >= 0.6 is 43.2 Å². The number of benzene rings is 1. The third kappa shape index (κ3) is 2.54. The molecule has 0 radical (unpaired) electrons. The van der Waals surface area contributed by atoms with Gasteiger partial charge in [0.25, 0.3) is 0 Å². The molecule has 1 aromatic carbocycles. The monoisotopic (exact) mass is 411 g/mol. The first kappa shape index (κ1) is 14.2. The molecule has 6 heteroatoms. The van der Waals surface area contributed by atoms with Crippen LogP contribution in [0, 0.1) is 0 Å². The maximum Gasteiger partial charge on any atom is 0.0843 e. The van der Waals surface area contributed by atoms with Crippen molar-refractivity contribution in [3.05, 3.63) is 61.4 Å². The highest BCUT2D eigenvalue weighted by molar-refractivity contribution is 9.13. The first-order valence-corrected chi connectivity index (χ1v) is 8.34. The van der Waals surface area contributed by atoms with E-state index in [1.165, 1.54) is 0 Å². The van der Waals surface area contributed by atoms with Crippen LogP contribution in [-0.2, 0) is 0 Å². The van der Waals surface area contributed by atoms with Crippen LogP contribution in [0.25, 0.3) is 10.8 Å². The van der Waals surface area contributed by atoms with Crippen LogP contribution in [0.3, 0.4) is 0 Å². The van der Waals surface area contributed by atoms with Crippen molar-refractivity contribution in [2.75, 3.05) is 0 Å². The lowest BCUT2D eigenvalue weighted by atomic mass is 9.99. The van der Waals surface area contributed by atoms with E-state index in [2.05, 4.69) is 60.5 Å². The maximum absolute atomic E-state index is 5.80. The Hall–Kier alpha value is -0.790. The van der Waals surface area contributed by atoms with E-state index in [1.807, 2.05) is 18.3 Å². The van der Waals surface area contributed by atoms with Gasteiger partial charge in [0.05, 0.1) is 9.83 Å². The number of halogens is 2. The molecule has 3 nitrogen and oxygen atoms in total. The smallest absolute Gasteiger partial charge is 0.0843 e. The van der Waals surface area contributed by atoms with Crippen molar-refractivity contribution in [1.82, 2.24) is 10.4 Å². The standard InChI is InChI=1S/C14H11Br2N3S/c15-11-6-12(20-14(11)16)13(19-17)10-3-1-2-8-7-18-5-4-9(8)10/h1-7,13,19H,17H2. The van der Waals surface area contributed by atoms with Crippen molar-refractivity contribution in [2.45, 2.75) is 6.04 Å². The van der Waals surface area contributed by atoms with E-state index in [4.69, 9.17) is 5.84 Å². The molecular formula is C14H11Br2N3S. The molecule has 1 atom stereocenters. The summed E-state index contributed by atoms with van der Waals surface area (Å²) in [4.78, 5) is 5.31. The molecular weight excluding hydrogens is 402 g/mol. The third-order valence-electron chi connectivity index (χ3n) is 3.14. The fourth-order valence-corrected chi connectivity index (χ4v) is 4.40. The first-order valence-electron chi connectivity index (χ1n) is 5.94. The molecule has 0 saturated carbocycles. The SMILES string of the molecule is NNC(c1cc(Br)c(Br)s1)c1cccc2cnccc12. The molecule has 0 aliphatic carbocycles. The van der Waals surface area contributed by atoms with Crippen molar-refractivity contribution in [3.63, 3.8) is 0 Å². The van der Waals surface area contributed by atoms with Crippen molar-refractivity contribution in [2.24, 2.45) is 5.84 Å². The van der Waals surface area contributed by atoms with Crippen LogP contribution in [-0.4, -0.2) is 4.98 Å². The predicted molar refractivity (Wildman–Crippen MR) is 90.6 cm³/mol. The van der Waals surface area contributed by atoms with Gasteiger partial charge in [0.1, 0.15) is 0 Å². The molecule has 2 aromatic heterocycles. The lowest BCUT2D eigenvalue weighted by molar-refractivity contribution is 0.650. The van der Waals surface area contributed by atoms with E-state index in [9.17, 15) is 0 Å². The Morgan fingerprint density at radius 2 is 2.10 bits per heavy atom. The molecule has 0 fully saturated rings. The summed E-state index contributed by atoms with van der Waals surface area (Å²) in [7, 11) is 0. The second-order valence-electron chi connectivity index (χ2n) is 4.31. The van der Waals surface area contributed by atoms with Crippen LogP contribution in [0.1, 0.15) is 16.5 Å². The molecule has 0 spiro atoms. The van der Waals surface area contributed by atoms with Gasteiger partial charge in [-0.3, -0.25) is 10.8 Å². The summed E-state index contributed by atoms with van der Waals surface area (Å²) in [5, 5.41) is 2.27. The zero-order valence-corrected chi connectivity index (χ0v) is 14.3. The molecule has 20 heavy (non-hydrogen) atoms. The number of aromatic nitrogens is 1. The highest BCUT2D eigenvalue weighted by Crippen LogP contribution is 2.38. The van der Waals surface area contributed by atoms with Crippen LogP contribution in [0.4, 0.5) is 0 Å². The second kappa shape index (κ2) is 5.91. The zero-order valence-electron chi connectivity index (χ0n) is 10.3. The average Bonchev–Trinajstić information content (AvgIpc) is 2.79. The Bertz CT molecular complexity index is 732. The van der Waals surface area contributed by atoms with Gasteiger partial charge in [0, 0.05) is 27.1 Å². The van der Waals surface area contributed by atoms with Crippen molar-refractivity contribution in [3.8, 4) is 0 Å². The molecule has 102 valence electrons. The van der Waals surface area contributed by atoms with E-state index in [0.29, 0.717) is 0 Å². The normalized spacial score (nSPS) is 12.8. The third-order valence-corrected chi connectivity index (χ3v) is 6.46. The van der Waals surface area contributed by atoms with E-state index in [1.54, 1.807) is 17.5 Å². The number of fused-ring (bicyclic) bond motifs is 1. The van der Waals surface area contributed by atoms with E-state index >= 15 is 0 Å². The molecule has 3 rings (SSSR count). The topological polar surface area (TPSA) is 50.9 Å². The molecule has 0 amide bonds. The number of pyridine rings is 1. The summed E-state index contributed by atoms with van der Waals surface area (Å²) < 4.78 is 2.11. The Morgan fingerprint density at radius 1 is 1.25 bits per heavy atom. The minimum absolute atomic E-state index is 0.0475. The Balaban J connectivity index is 2.16. The number of nitrogens with one attached hydrogen (secondary N) is 1. The van der Waals surface area contributed by atoms with Gasteiger partial charge in [-0.15, -0.1) is 11.3 Å². The fourth-order valence-electron chi connectivity index (χ4n) is 2.23. The zero-order chi connectivity index (χ0) is 14.1. The van der Waals surface area contributed by atoms with Crippen molar-refractivity contribution in [1.29, 1.82) is 0 Å². The fraction of sp³-hybridized carbons (Fsp3) is 0.0714. The van der Waals surface area contributed by atoms with E-state index in [-0.39, 0.29) is 6.04 Å². The number of nitrogens with zero attached hydrogens (tertiary/aromatic N) is 1. The molecule has 3 N–H and O–H groups in total. The predicted octanol–water partition coefficient (Wildman–Crippen LogP) is 4.37. The summed E-state index contributed by atoms with van der Waals surface area (Å²) in [5.74, 6) is 5.80. The van der Waals surface area contributed by atoms with Crippen LogP contribution in [0.5, 0.6) is 0 Å². The highest BCUT2D eigenvalue weighted by Gasteiger charge is 2.18. The summed E-state index contributed by atoms with van der Waals surface area (Å²) in [6, 6.07) is 10.2. The first-order chi connectivity index (χ1) is 9.70. The molecule has 1 unspecified atom stereocenters. The molecule has 2 heterocycles. The Morgan fingerprint density at radius 3 is 2.80 bits per heavy atom. The molecule has 0 aliphatic rings. The van der Waals surface area contributed by atoms with Gasteiger partial charge < -0.3 is 0 Å². The summed E-state index contributed by atoms with van der Waals surface area (Å²) >= 11 is 8.71. The lowest BCUT2D eigenvalue weighted by Crippen LogP contribution is -2.28. The van der Waals surface area contributed by atoms with Gasteiger partial charge in [-0.05, 0) is 54.9 Å². The molecule has 0 saturated heterocycles. The molecule has 0 bridgehead atoms. The van der Waals surface area contributed by atoms with Crippen LogP contribution < -0.4 is 11.3 Å². The van der Waals surface area contributed by atoms with Gasteiger partial charge in [-0.2, -0.15) is 0 Å².